The van der Waals surface area contributed by atoms with Gasteiger partial charge in [-0.1, -0.05) is 53.6 Å². The average Bonchev–Trinajstić information content (AvgIpc) is 3.32. The van der Waals surface area contributed by atoms with E-state index in [-0.39, 0.29) is 22.4 Å². The molecule has 7 heteroatoms. The summed E-state index contributed by atoms with van der Waals surface area (Å²) in [4.78, 5) is 0.382. The Hall–Kier alpha value is -1.47. The highest BCUT2D eigenvalue weighted by Crippen LogP contribution is 2.64. The Morgan fingerprint density at radius 2 is 1.78 bits per heavy atom. The Labute approximate surface area is 170 Å². The largest absolute Gasteiger partial charge is 0.393 e. The fourth-order valence-corrected chi connectivity index (χ4v) is 6.58. The molecule has 0 saturated heterocycles. The van der Waals surface area contributed by atoms with E-state index in [4.69, 9.17) is 34.3 Å². The van der Waals surface area contributed by atoms with E-state index in [1.807, 2.05) is 38.1 Å². The van der Waals surface area contributed by atoms with Gasteiger partial charge in [-0.15, -0.1) is 0 Å². The van der Waals surface area contributed by atoms with Gasteiger partial charge in [0.2, 0.25) is 0 Å². The SMILES string of the molecule is CCOC[C@@]1(C(N)=S)[C@H](S(=O)(=O)c2ccc(Cl)cc2)[C@@H]1c1ccc(C)cc1. The lowest BCUT2D eigenvalue weighted by Gasteiger charge is -2.17. The molecular weight excluding hydrogens is 402 g/mol. The highest BCUT2D eigenvalue weighted by Gasteiger charge is 2.73. The van der Waals surface area contributed by atoms with Crippen molar-refractivity contribution >= 4 is 38.6 Å². The Kier molecular flexibility index (Phi) is 5.64. The van der Waals surface area contributed by atoms with Gasteiger partial charge in [-0.05, 0) is 43.7 Å². The number of thiocarbonyl (C=S) groups is 1. The molecule has 1 aliphatic carbocycles. The predicted octanol–water partition coefficient (Wildman–Crippen LogP) is 3.90. The molecule has 1 fully saturated rings. The van der Waals surface area contributed by atoms with E-state index in [1.54, 1.807) is 12.1 Å². The van der Waals surface area contributed by atoms with E-state index in [1.165, 1.54) is 12.1 Å². The van der Waals surface area contributed by atoms with Crippen molar-refractivity contribution < 1.29 is 13.2 Å². The summed E-state index contributed by atoms with van der Waals surface area (Å²) in [6.45, 7) is 4.48. The zero-order valence-corrected chi connectivity index (χ0v) is 17.6. The summed E-state index contributed by atoms with van der Waals surface area (Å²) in [6, 6.07) is 14.0. The zero-order valence-electron chi connectivity index (χ0n) is 15.2. The summed E-state index contributed by atoms with van der Waals surface area (Å²) in [6.07, 6.45) is 0. The van der Waals surface area contributed by atoms with Gasteiger partial charge >= 0.3 is 0 Å². The van der Waals surface area contributed by atoms with Gasteiger partial charge in [0.1, 0.15) is 0 Å². The number of halogens is 1. The molecule has 0 aliphatic heterocycles. The Bertz CT molecular complexity index is 942. The summed E-state index contributed by atoms with van der Waals surface area (Å²) in [5.74, 6) is -0.345. The molecule has 27 heavy (non-hydrogen) atoms. The van der Waals surface area contributed by atoms with Gasteiger partial charge in [-0.2, -0.15) is 0 Å². The predicted molar refractivity (Wildman–Crippen MR) is 112 cm³/mol. The van der Waals surface area contributed by atoms with Crippen molar-refractivity contribution in [2.45, 2.75) is 29.9 Å². The fraction of sp³-hybridized carbons (Fsp3) is 0.350. The van der Waals surface area contributed by atoms with Crippen LogP contribution < -0.4 is 5.73 Å². The van der Waals surface area contributed by atoms with Gasteiger partial charge in [-0.3, -0.25) is 0 Å². The fourth-order valence-electron chi connectivity index (χ4n) is 3.69. The first kappa shape index (κ1) is 20.3. The Morgan fingerprint density at radius 3 is 2.30 bits per heavy atom. The van der Waals surface area contributed by atoms with Crippen LogP contribution in [0.4, 0.5) is 0 Å². The summed E-state index contributed by atoms with van der Waals surface area (Å²) in [5.41, 5.74) is 7.17. The summed E-state index contributed by atoms with van der Waals surface area (Å²) >= 11 is 11.3. The number of sulfone groups is 1. The Balaban J connectivity index is 2.10. The Morgan fingerprint density at radius 1 is 1.19 bits per heavy atom. The lowest BCUT2D eigenvalue weighted by Crippen LogP contribution is -2.33. The highest BCUT2D eigenvalue weighted by molar-refractivity contribution is 7.92. The summed E-state index contributed by atoms with van der Waals surface area (Å²) < 4.78 is 32.5. The van der Waals surface area contributed by atoms with Crippen molar-refractivity contribution in [1.29, 1.82) is 0 Å². The van der Waals surface area contributed by atoms with Crippen LogP contribution in [0.3, 0.4) is 0 Å². The molecular formula is C20H22ClNO3S2. The van der Waals surface area contributed by atoms with E-state index in [0.717, 1.165) is 11.1 Å². The maximum Gasteiger partial charge on any atom is 0.182 e. The summed E-state index contributed by atoms with van der Waals surface area (Å²) in [5, 5.41) is -0.285. The average molecular weight is 424 g/mol. The van der Waals surface area contributed by atoms with Crippen LogP contribution in [0.2, 0.25) is 5.02 Å². The molecule has 0 bridgehead atoms. The monoisotopic (exact) mass is 423 g/mol. The topological polar surface area (TPSA) is 69.4 Å². The van der Waals surface area contributed by atoms with Crippen molar-refractivity contribution in [1.82, 2.24) is 0 Å². The third-order valence-corrected chi connectivity index (χ3v) is 8.10. The van der Waals surface area contributed by atoms with E-state index in [2.05, 4.69) is 0 Å². The molecule has 4 nitrogen and oxygen atoms in total. The molecule has 3 rings (SSSR count). The third-order valence-electron chi connectivity index (χ3n) is 5.17. The van der Waals surface area contributed by atoms with Crippen LogP contribution in [0, 0.1) is 12.3 Å². The van der Waals surface area contributed by atoms with Gasteiger partial charge in [0.05, 0.1) is 27.2 Å². The number of hydrogen-bond acceptors (Lipinski definition) is 4. The molecule has 0 aromatic heterocycles. The molecule has 144 valence electrons. The molecule has 0 radical (unpaired) electrons. The number of nitrogens with two attached hydrogens (primary N) is 1. The van der Waals surface area contributed by atoms with Crippen LogP contribution in [-0.2, 0) is 14.6 Å². The van der Waals surface area contributed by atoms with Crippen LogP contribution in [0.15, 0.2) is 53.4 Å². The van der Waals surface area contributed by atoms with Crippen molar-refractivity contribution in [2.75, 3.05) is 13.2 Å². The first-order valence-corrected chi connectivity index (χ1v) is 11.0. The molecule has 0 heterocycles. The van der Waals surface area contributed by atoms with E-state index >= 15 is 0 Å². The smallest absolute Gasteiger partial charge is 0.182 e. The second kappa shape index (κ2) is 7.51. The minimum Gasteiger partial charge on any atom is -0.393 e. The van der Waals surface area contributed by atoms with Gasteiger partial charge in [-0.25, -0.2) is 8.42 Å². The second-order valence-corrected chi connectivity index (χ2v) is 9.80. The number of hydrogen-bond donors (Lipinski definition) is 1. The number of ether oxygens (including phenoxy) is 1. The first-order valence-electron chi connectivity index (χ1n) is 8.69. The molecule has 0 unspecified atom stereocenters. The standard InChI is InChI=1S/C20H22ClNO3S2/c1-3-25-12-20(19(22)26)17(14-6-4-13(2)5-7-14)18(20)27(23,24)16-10-8-15(21)9-11-16/h4-11,17-18H,3,12H2,1-2H3,(H2,22,26)/t17-,18+,20-/m0/s1. The van der Waals surface area contributed by atoms with Crippen molar-refractivity contribution in [2.24, 2.45) is 11.1 Å². The quantitative estimate of drug-likeness (QED) is 0.684. The van der Waals surface area contributed by atoms with Gasteiger partial charge in [0, 0.05) is 17.5 Å². The van der Waals surface area contributed by atoms with E-state index in [9.17, 15) is 8.42 Å². The number of aryl methyl sites for hydroxylation is 1. The maximum absolute atomic E-state index is 13.4. The second-order valence-electron chi connectivity index (χ2n) is 6.85. The van der Waals surface area contributed by atoms with Gasteiger partial charge in [0.25, 0.3) is 0 Å². The highest BCUT2D eigenvalue weighted by atomic mass is 35.5. The minimum absolute atomic E-state index is 0.170. The van der Waals surface area contributed by atoms with Crippen molar-refractivity contribution in [3.63, 3.8) is 0 Å². The van der Waals surface area contributed by atoms with E-state index in [0.29, 0.717) is 11.6 Å². The van der Waals surface area contributed by atoms with E-state index < -0.39 is 20.5 Å². The minimum atomic E-state index is -3.68. The van der Waals surface area contributed by atoms with Gasteiger partial charge < -0.3 is 10.5 Å². The molecule has 2 aromatic carbocycles. The first-order chi connectivity index (χ1) is 12.7. The number of benzene rings is 2. The van der Waals surface area contributed by atoms with Crippen LogP contribution >= 0.6 is 23.8 Å². The lowest BCUT2D eigenvalue weighted by atomic mass is 9.99. The molecule has 2 N–H and O–H groups in total. The molecule has 2 aromatic rings. The molecule has 0 spiro atoms. The normalized spacial score (nSPS) is 24.6. The molecule has 0 amide bonds. The van der Waals surface area contributed by atoms with Crippen LogP contribution in [0.1, 0.15) is 24.0 Å². The lowest BCUT2D eigenvalue weighted by molar-refractivity contribution is 0.121. The van der Waals surface area contributed by atoms with Crippen LogP contribution in [0.25, 0.3) is 0 Å². The summed E-state index contributed by atoms with van der Waals surface area (Å²) in [7, 11) is -3.68. The third kappa shape index (κ3) is 3.51. The van der Waals surface area contributed by atoms with Crippen LogP contribution in [0.5, 0.6) is 0 Å². The molecule has 1 saturated carbocycles. The molecule has 3 atom stereocenters. The van der Waals surface area contributed by atoms with Crippen molar-refractivity contribution in [3.05, 3.63) is 64.7 Å². The zero-order chi connectivity index (χ0) is 19.8. The van der Waals surface area contributed by atoms with Gasteiger partial charge in [0.15, 0.2) is 9.84 Å². The van der Waals surface area contributed by atoms with Crippen LogP contribution in [-0.4, -0.2) is 31.9 Å². The number of rotatable bonds is 7. The molecule has 1 aliphatic rings. The maximum atomic E-state index is 13.4. The van der Waals surface area contributed by atoms with Crippen molar-refractivity contribution in [3.8, 4) is 0 Å².